The first kappa shape index (κ1) is 8.61. The van der Waals surface area contributed by atoms with Gasteiger partial charge in [-0.1, -0.05) is 11.6 Å². The van der Waals surface area contributed by atoms with Gasteiger partial charge in [0.15, 0.2) is 5.75 Å². The van der Waals surface area contributed by atoms with E-state index in [-0.39, 0.29) is 5.02 Å². The molecule has 6 heteroatoms. The minimum atomic E-state index is -0.986. The van der Waals surface area contributed by atoms with Crippen molar-refractivity contribution in [3.05, 3.63) is 16.8 Å². The molecule has 0 aliphatic carbocycles. The van der Waals surface area contributed by atoms with Crippen LogP contribution in [-0.2, 0) is 0 Å². The zero-order valence-electron chi connectivity index (χ0n) is 5.78. The summed E-state index contributed by atoms with van der Waals surface area (Å²) in [4.78, 5) is 13.9. The molecule has 0 radical (unpaired) electrons. The standard InChI is InChI=1S/C6H5ClN2O3/c7-2-1-9-6(12)3(4(2)10)5(8)11/h1H,(H2,8,11)(H2,9,10,12). The Hall–Kier alpha value is -1.49. The Morgan fingerprint density at radius 2 is 2.17 bits per heavy atom. The molecule has 0 aliphatic rings. The van der Waals surface area contributed by atoms with Crippen LogP contribution < -0.4 is 5.73 Å². The summed E-state index contributed by atoms with van der Waals surface area (Å²) in [7, 11) is 0. The van der Waals surface area contributed by atoms with Crippen molar-refractivity contribution in [3.8, 4) is 11.6 Å². The number of aromatic hydroxyl groups is 2. The van der Waals surface area contributed by atoms with Crippen LogP contribution in [0.1, 0.15) is 10.4 Å². The molecule has 0 aliphatic heterocycles. The van der Waals surface area contributed by atoms with E-state index in [9.17, 15) is 4.79 Å². The minimum absolute atomic E-state index is 0.137. The maximum absolute atomic E-state index is 10.6. The topological polar surface area (TPSA) is 96.4 Å². The average Bonchev–Trinajstić information content (AvgIpc) is 1.97. The van der Waals surface area contributed by atoms with Gasteiger partial charge in [-0.05, 0) is 0 Å². The van der Waals surface area contributed by atoms with E-state index in [0.29, 0.717) is 0 Å². The maximum atomic E-state index is 10.6. The molecule has 0 unspecified atom stereocenters. The van der Waals surface area contributed by atoms with Crippen LogP contribution in [-0.4, -0.2) is 21.1 Å². The molecule has 0 saturated heterocycles. The number of amides is 1. The van der Waals surface area contributed by atoms with Crippen LogP contribution in [0, 0.1) is 0 Å². The maximum Gasteiger partial charge on any atom is 0.258 e. The lowest BCUT2D eigenvalue weighted by molar-refractivity contribution is 0.0994. The summed E-state index contributed by atoms with van der Waals surface area (Å²) in [6.45, 7) is 0. The molecule has 5 nitrogen and oxygen atoms in total. The normalized spacial score (nSPS) is 9.75. The smallest absolute Gasteiger partial charge is 0.258 e. The molecule has 1 heterocycles. The zero-order valence-corrected chi connectivity index (χ0v) is 6.54. The van der Waals surface area contributed by atoms with Crippen molar-refractivity contribution in [2.75, 3.05) is 0 Å². The summed E-state index contributed by atoms with van der Waals surface area (Å²) < 4.78 is 0. The summed E-state index contributed by atoms with van der Waals surface area (Å²) in [6.07, 6.45) is 1.01. The molecular formula is C6H5ClN2O3. The molecule has 1 amide bonds. The molecule has 0 spiro atoms. The highest BCUT2D eigenvalue weighted by Crippen LogP contribution is 2.30. The zero-order chi connectivity index (χ0) is 9.30. The third kappa shape index (κ3) is 1.26. The minimum Gasteiger partial charge on any atom is -0.505 e. The van der Waals surface area contributed by atoms with E-state index in [4.69, 9.17) is 27.5 Å². The van der Waals surface area contributed by atoms with Crippen molar-refractivity contribution in [1.29, 1.82) is 0 Å². The molecule has 64 valence electrons. The van der Waals surface area contributed by atoms with Gasteiger partial charge in [0.25, 0.3) is 5.91 Å². The van der Waals surface area contributed by atoms with Crippen LogP contribution in [0.5, 0.6) is 11.6 Å². The molecule has 0 bridgehead atoms. The van der Waals surface area contributed by atoms with Crippen molar-refractivity contribution in [3.63, 3.8) is 0 Å². The number of halogens is 1. The summed E-state index contributed by atoms with van der Waals surface area (Å²) in [5, 5.41) is 17.9. The first-order valence-electron chi connectivity index (χ1n) is 2.90. The Labute approximate surface area is 72.4 Å². The number of nitrogens with two attached hydrogens (primary N) is 1. The number of hydrogen-bond acceptors (Lipinski definition) is 4. The average molecular weight is 189 g/mol. The van der Waals surface area contributed by atoms with Crippen LogP contribution in [0.15, 0.2) is 6.20 Å². The van der Waals surface area contributed by atoms with Gasteiger partial charge < -0.3 is 15.9 Å². The number of carbonyl (C=O) groups is 1. The van der Waals surface area contributed by atoms with E-state index >= 15 is 0 Å². The third-order valence-electron chi connectivity index (χ3n) is 1.23. The fraction of sp³-hybridized carbons (Fsp3) is 0. The van der Waals surface area contributed by atoms with Crippen molar-refractivity contribution in [1.82, 2.24) is 4.98 Å². The summed E-state index contributed by atoms with van der Waals surface area (Å²) in [5.41, 5.74) is 4.36. The second-order valence-corrected chi connectivity index (χ2v) is 2.42. The summed E-state index contributed by atoms with van der Waals surface area (Å²) >= 11 is 5.40. The third-order valence-corrected chi connectivity index (χ3v) is 1.51. The molecule has 4 N–H and O–H groups in total. The Balaban J connectivity index is 3.43. The number of aromatic nitrogens is 1. The number of rotatable bonds is 1. The fourth-order valence-electron chi connectivity index (χ4n) is 0.696. The summed E-state index contributed by atoms with van der Waals surface area (Å²) in [5.74, 6) is -2.18. The van der Waals surface area contributed by atoms with Crippen molar-refractivity contribution in [2.45, 2.75) is 0 Å². The van der Waals surface area contributed by atoms with Gasteiger partial charge >= 0.3 is 0 Å². The van der Waals surface area contributed by atoms with Crippen LogP contribution >= 0.6 is 11.6 Å². The van der Waals surface area contributed by atoms with Crippen molar-refractivity contribution >= 4 is 17.5 Å². The highest BCUT2D eigenvalue weighted by Gasteiger charge is 2.17. The van der Waals surface area contributed by atoms with Crippen LogP contribution in [0.2, 0.25) is 5.02 Å². The molecule has 0 atom stereocenters. The summed E-state index contributed by atoms with van der Waals surface area (Å²) in [6, 6.07) is 0. The number of primary amides is 1. The Bertz CT molecular complexity index is 340. The second-order valence-electron chi connectivity index (χ2n) is 2.02. The first-order chi connectivity index (χ1) is 5.54. The number of nitrogens with zero attached hydrogens (tertiary/aromatic N) is 1. The molecular weight excluding hydrogens is 184 g/mol. The van der Waals surface area contributed by atoms with E-state index in [0.717, 1.165) is 6.20 Å². The van der Waals surface area contributed by atoms with E-state index in [1.807, 2.05) is 0 Å². The van der Waals surface area contributed by atoms with Gasteiger partial charge in [0, 0.05) is 0 Å². The largest absolute Gasteiger partial charge is 0.505 e. The lowest BCUT2D eigenvalue weighted by Gasteiger charge is -2.02. The van der Waals surface area contributed by atoms with Crippen LogP contribution in [0.4, 0.5) is 0 Å². The Kier molecular flexibility index (Phi) is 2.05. The van der Waals surface area contributed by atoms with Gasteiger partial charge in [0.2, 0.25) is 5.88 Å². The number of pyridine rings is 1. The molecule has 1 aromatic rings. The molecule has 0 saturated carbocycles. The Morgan fingerprint density at radius 3 is 2.58 bits per heavy atom. The molecule has 1 aromatic heterocycles. The SMILES string of the molecule is NC(=O)c1c(O)ncc(Cl)c1O. The quantitative estimate of drug-likeness (QED) is 0.588. The predicted octanol–water partition coefficient (Wildman–Crippen LogP) is 0.245. The monoisotopic (exact) mass is 188 g/mol. The number of carbonyl (C=O) groups excluding carboxylic acids is 1. The Morgan fingerprint density at radius 1 is 1.58 bits per heavy atom. The lowest BCUT2D eigenvalue weighted by Crippen LogP contribution is -2.12. The van der Waals surface area contributed by atoms with Crippen molar-refractivity contribution in [2.24, 2.45) is 5.73 Å². The van der Waals surface area contributed by atoms with Crippen LogP contribution in [0.25, 0.3) is 0 Å². The van der Waals surface area contributed by atoms with Gasteiger partial charge in [-0.3, -0.25) is 4.79 Å². The van der Waals surface area contributed by atoms with Gasteiger partial charge in [-0.15, -0.1) is 0 Å². The van der Waals surface area contributed by atoms with E-state index < -0.39 is 23.1 Å². The molecule has 0 aromatic carbocycles. The number of hydrogen-bond donors (Lipinski definition) is 3. The van der Waals surface area contributed by atoms with Crippen LogP contribution in [0.3, 0.4) is 0 Å². The molecule has 0 fully saturated rings. The highest BCUT2D eigenvalue weighted by molar-refractivity contribution is 6.32. The van der Waals surface area contributed by atoms with E-state index in [2.05, 4.69) is 4.98 Å². The van der Waals surface area contributed by atoms with Gasteiger partial charge in [-0.2, -0.15) is 0 Å². The predicted molar refractivity (Wildman–Crippen MR) is 41.1 cm³/mol. The van der Waals surface area contributed by atoms with Gasteiger partial charge in [-0.25, -0.2) is 4.98 Å². The van der Waals surface area contributed by atoms with Gasteiger partial charge in [0.05, 0.1) is 6.20 Å². The van der Waals surface area contributed by atoms with Crippen molar-refractivity contribution < 1.29 is 15.0 Å². The molecule has 12 heavy (non-hydrogen) atoms. The van der Waals surface area contributed by atoms with E-state index in [1.54, 1.807) is 0 Å². The first-order valence-corrected chi connectivity index (χ1v) is 3.28. The highest BCUT2D eigenvalue weighted by atomic mass is 35.5. The fourth-order valence-corrected chi connectivity index (χ4v) is 0.839. The van der Waals surface area contributed by atoms with Gasteiger partial charge in [0.1, 0.15) is 10.6 Å². The molecule has 1 rings (SSSR count). The second kappa shape index (κ2) is 2.86. The lowest BCUT2D eigenvalue weighted by atomic mass is 10.2. The van der Waals surface area contributed by atoms with E-state index in [1.165, 1.54) is 0 Å².